The molecule has 1 fully saturated rings. The van der Waals surface area contributed by atoms with Crippen molar-refractivity contribution in [3.63, 3.8) is 0 Å². The van der Waals surface area contributed by atoms with Crippen molar-refractivity contribution in [3.8, 4) is 22.6 Å². The topological polar surface area (TPSA) is 84.8 Å². The van der Waals surface area contributed by atoms with Gasteiger partial charge in [0.1, 0.15) is 17.1 Å². The van der Waals surface area contributed by atoms with E-state index in [1.54, 1.807) is 18.5 Å². The van der Waals surface area contributed by atoms with Crippen LogP contribution in [0.3, 0.4) is 0 Å². The minimum absolute atomic E-state index is 0.0375. The molecular weight excluding hydrogens is 310 g/mol. The lowest BCUT2D eigenvalue weighted by Gasteiger charge is -2.16. The van der Waals surface area contributed by atoms with E-state index in [0.29, 0.717) is 22.8 Å². The van der Waals surface area contributed by atoms with Crippen LogP contribution in [0.5, 0.6) is 11.5 Å². The lowest BCUT2D eigenvalue weighted by Crippen LogP contribution is -2.20. The quantitative estimate of drug-likeness (QED) is 0.902. The fourth-order valence-corrected chi connectivity index (χ4v) is 2.85. The third-order valence-corrected chi connectivity index (χ3v) is 4.07. The van der Waals surface area contributed by atoms with Crippen LogP contribution >= 0.6 is 0 Å². The van der Waals surface area contributed by atoms with Crippen LogP contribution in [0.4, 0.5) is 5.95 Å². The Morgan fingerprint density at radius 2 is 1.79 bits per heavy atom. The van der Waals surface area contributed by atoms with Gasteiger partial charge in [0.25, 0.3) is 0 Å². The molecule has 1 saturated heterocycles. The molecule has 7 nitrogen and oxygen atoms in total. The van der Waals surface area contributed by atoms with Crippen molar-refractivity contribution in [2.24, 2.45) is 0 Å². The lowest BCUT2D eigenvalue weighted by molar-refractivity contribution is 0.0693. The molecule has 0 bridgehead atoms. The van der Waals surface area contributed by atoms with E-state index in [1.165, 1.54) is 20.3 Å². The van der Waals surface area contributed by atoms with E-state index in [-0.39, 0.29) is 11.3 Å². The number of carboxylic acids is 1. The van der Waals surface area contributed by atoms with Gasteiger partial charge in [-0.25, -0.2) is 14.8 Å². The molecule has 0 unspecified atom stereocenters. The Bertz CT molecular complexity index is 740. The van der Waals surface area contributed by atoms with Crippen LogP contribution in [0.1, 0.15) is 23.2 Å². The average molecular weight is 329 g/mol. The maximum Gasteiger partial charge on any atom is 0.339 e. The molecule has 1 N–H and O–H groups in total. The zero-order chi connectivity index (χ0) is 17.1. The van der Waals surface area contributed by atoms with Gasteiger partial charge in [-0.15, -0.1) is 0 Å². The Morgan fingerprint density at radius 1 is 1.12 bits per heavy atom. The van der Waals surface area contributed by atoms with Crippen LogP contribution < -0.4 is 14.4 Å². The highest BCUT2D eigenvalue weighted by Gasteiger charge is 2.20. The molecular formula is C17H19N3O4. The van der Waals surface area contributed by atoms with E-state index in [9.17, 15) is 9.90 Å². The minimum atomic E-state index is -1.08. The number of hydrogen-bond acceptors (Lipinski definition) is 6. The monoisotopic (exact) mass is 329 g/mol. The summed E-state index contributed by atoms with van der Waals surface area (Å²) in [6.07, 6.45) is 5.67. The van der Waals surface area contributed by atoms with E-state index in [4.69, 9.17) is 9.47 Å². The van der Waals surface area contributed by atoms with Crippen LogP contribution in [0.15, 0.2) is 24.5 Å². The van der Waals surface area contributed by atoms with Crippen molar-refractivity contribution >= 4 is 11.9 Å². The number of anilines is 1. The Hall–Kier alpha value is -2.83. The molecule has 2 heterocycles. The summed E-state index contributed by atoms with van der Waals surface area (Å²) in [5.41, 5.74) is 1.30. The largest absolute Gasteiger partial charge is 0.497 e. The first-order valence-electron chi connectivity index (χ1n) is 7.70. The number of methoxy groups -OCH3 is 2. The first kappa shape index (κ1) is 16.0. The van der Waals surface area contributed by atoms with Gasteiger partial charge in [0, 0.05) is 36.6 Å². The lowest BCUT2D eigenvalue weighted by atomic mass is 10.0. The SMILES string of the molecule is COc1cc(C(=O)O)c(OC)c(-c2cnc(N3CCCC3)nc2)c1. The van der Waals surface area contributed by atoms with Gasteiger partial charge in [-0.05, 0) is 25.0 Å². The molecule has 1 aliphatic rings. The Morgan fingerprint density at radius 3 is 2.33 bits per heavy atom. The van der Waals surface area contributed by atoms with Gasteiger partial charge in [0.2, 0.25) is 5.95 Å². The minimum Gasteiger partial charge on any atom is -0.497 e. The van der Waals surface area contributed by atoms with Gasteiger partial charge < -0.3 is 19.5 Å². The number of ether oxygens (including phenoxy) is 2. The number of aromatic nitrogens is 2. The molecule has 126 valence electrons. The van der Waals surface area contributed by atoms with Crippen LogP contribution in [-0.2, 0) is 0 Å². The van der Waals surface area contributed by atoms with Gasteiger partial charge in [0.15, 0.2) is 0 Å². The summed E-state index contributed by atoms with van der Waals surface area (Å²) in [6.45, 7) is 1.93. The van der Waals surface area contributed by atoms with Crippen molar-refractivity contribution in [1.82, 2.24) is 9.97 Å². The predicted octanol–water partition coefficient (Wildman–Crippen LogP) is 2.46. The third-order valence-electron chi connectivity index (χ3n) is 4.07. The summed E-state index contributed by atoms with van der Waals surface area (Å²) < 4.78 is 10.5. The molecule has 0 amide bonds. The van der Waals surface area contributed by atoms with Crippen molar-refractivity contribution in [1.29, 1.82) is 0 Å². The molecule has 3 rings (SSSR count). The number of carboxylic acid groups (broad SMARTS) is 1. The van der Waals surface area contributed by atoms with Gasteiger partial charge >= 0.3 is 5.97 Å². The van der Waals surface area contributed by atoms with Crippen LogP contribution in [0, 0.1) is 0 Å². The summed E-state index contributed by atoms with van der Waals surface area (Å²) >= 11 is 0. The summed E-state index contributed by atoms with van der Waals surface area (Å²) in [6, 6.07) is 3.16. The first-order valence-corrected chi connectivity index (χ1v) is 7.70. The standard InChI is InChI=1S/C17H19N3O4/c1-23-12-7-13(15(24-2)14(8-12)16(21)22)11-9-18-17(19-10-11)20-5-3-4-6-20/h7-10H,3-6H2,1-2H3,(H,21,22). The number of hydrogen-bond donors (Lipinski definition) is 1. The van der Waals surface area contributed by atoms with Crippen LogP contribution in [0.2, 0.25) is 0 Å². The molecule has 0 radical (unpaired) electrons. The number of benzene rings is 1. The number of rotatable bonds is 5. The molecule has 24 heavy (non-hydrogen) atoms. The highest BCUT2D eigenvalue weighted by atomic mass is 16.5. The molecule has 0 atom stereocenters. The second-order valence-electron chi connectivity index (χ2n) is 5.53. The van der Waals surface area contributed by atoms with Crippen molar-refractivity contribution in [2.45, 2.75) is 12.8 Å². The summed E-state index contributed by atoms with van der Waals surface area (Å²) in [5.74, 6) is 0.311. The van der Waals surface area contributed by atoms with Gasteiger partial charge in [0.05, 0.1) is 14.2 Å². The maximum atomic E-state index is 11.5. The maximum absolute atomic E-state index is 11.5. The Kier molecular flexibility index (Phi) is 4.50. The molecule has 1 aliphatic heterocycles. The molecule has 2 aromatic rings. The van der Waals surface area contributed by atoms with E-state index < -0.39 is 5.97 Å². The van der Waals surface area contributed by atoms with Crippen molar-refractivity contribution in [2.75, 3.05) is 32.2 Å². The number of carbonyl (C=O) groups is 1. The van der Waals surface area contributed by atoms with E-state index >= 15 is 0 Å². The summed E-state index contributed by atoms with van der Waals surface area (Å²) in [7, 11) is 2.93. The highest BCUT2D eigenvalue weighted by molar-refractivity contribution is 5.95. The second kappa shape index (κ2) is 6.74. The molecule has 7 heteroatoms. The van der Waals surface area contributed by atoms with Gasteiger partial charge in [-0.3, -0.25) is 0 Å². The summed E-state index contributed by atoms with van der Waals surface area (Å²) in [4.78, 5) is 22.4. The van der Waals surface area contributed by atoms with Gasteiger partial charge in [-0.1, -0.05) is 0 Å². The van der Waals surface area contributed by atoms with Crippen LogP contribution in [0.25, 0.3) is 11.1 Å². The Balaban J connectivity index is 2.04. The second-order valence-corrected chi connectivity index (χ2v) is 5.53. The highest BCUT2D eigenvalue weighted by Crippen LogP contribution is 2.36. The molecule has 1 aromatic carbocycles. The molecule has 0 spiro atoms. The molecule has 0 aliphatic carbocycles. The molecule has 1 aromatic heterocycles. The van der Waals surface area contributed by atoms with Crippen LogP contribution in [-0.4, -0.2) is 48.4 Å². The zero-order valence-electron chi connectivity index (χ0n) is 13.7. The van der Waals surface area contributed by atoms with Gasteiger partial charge in [-0.2, -0.15) is 0 Å². The zero-order valence-corrected chi connectivity index (χ0v) is 13.7. The fourth-order valence-electron chi connectivity index (χ4n) is 2.85. The Labute approximate surface area is 139 Å². The van der Waals surface area contributed by atoms with E-state index in [2.05, 4.69) is 14.9 Å². The third kappa shape index (κ3) is 2.97. The smallest absolute Gasteiger partial charge is 0.339 e. The van der Waals surface area contributed by atoms with E-state index in [1.807, 2.05) is 0 Å². The number of nitrogens with zero attached hydrogens (tertiary/aromatic N) is 3. The first-order chi connectivity index (χ1) is 11.6. The summed E-state index contributed by atoms with van der Waals surface area (Å²) in [5, 5.41) is 9.40. The van der Waals surface area contributed by atoms with Crippen molar-refractivity contribution < 1.29 is 19.4 Å². The normalized spacial score (nSPS) is 13.8. The van der Waals surface area contributed by atoms with Crippen molar-refractivity contribution in [3.05, 3.63) is 30.1 Å². The molecule has 0 saturated carbocycles. The predicted molar refractivity (Wildman–Crippen MR) is 89.0 cm³/mol. The number of aromatic carboxylic acids is 1. The van der Waals surface area contributed by atoms with E-state index in [0.717, 1.165) is 25.9 Å². The fraction of sp³-hybridized carbons (Fsp3) is 0.353. The average Bonchev–Trinajstić information content (AvgIpc) is 3.15.